The lowest BCUT2D eigenvalue weighted by molar-refractivity contribution is 0.670. The van der Waals surface area contributed by atoms with Gasteiger partial charge < -0.3 is 5.73 Å². The highest BCUT2D eigenvalue weighted by atomic mass is 15.2. The highest BCUT2D eigenvalue weighted by Gasteiger charge is 2.08. The third-order valence-electron chi connectivity index (χ3n) is 2.21. The van der Waals surface area contributed by atoms with Crippen LogP contribution in [0.4, 0.5) is 0 Å². The number of aromatic nitrogens is 4. The van der Waals surface area contributed by atoms with E-state index in [2.05, 4.69) is 15.1 Å². The monoisotopic (exact) mass is 203 g/mol. The van der Waals surface area contributed by atoms with E-state index in [0.717, 1.165) is 11.3 Å². The highest BCUT2D eigenvalue weighted by Crippen LogP contribution is 2.12. The molecule has 2 N–H and O–H groups in total. The molecule has 0 aliphatic heterocycles. The van der Waals surface area contributed by atoms with Gasteiger partial charge in [-0.3, -0.25) is 4.68 Å². The van der Waals surface area contributed by atoms with Crippen LogP contribution in [0, 0.1) is 0 Å². The molecule has 0 aliphatic rings. The van der Waals surface area contributed by atoms with Crippen LogP contribution in [0.2, 0.25) is 0 Å². The van der Waals surface area contributed by atoms with Crippen LogP contribution in [-0.2, 0) is 13.5 Å². The Morgan fingerprint density at radius 3 is 2.73 bits per heavy atom. The maximum absolute atomic E-state index is 6.01. The Morgan fingerprint density at radius 1 is 1.40 bits per heavy atom. The lowest BCUT2D eigenvalue weighted by Gasteiger charge is -2.08. The summed E-state index contributed by atoms with van der Waals surface area (Å²) in [5.41, 5.74) is 7.92. The molecule has 0 bridgehead atoms. The van der Waals surface area contributed by atoms with Gasteiger partial charge in [-0.2, -0.15) is 5.10 Å². The van der Waals surface area contributed by atoms with Crippen molar-refractivity contribution in [1.29, 1.82) is 0 Å². The number of nitrogens with zero attached hydrogens (tertiary/aromatic N) is 4. The first-order chi connectivity index (χ1) is 7.25. The molecule has 2 heterocycles. The van der Waals surface area contributed by atoms with Gasteiger partial charge in [0.2, 0.25) is 0 Å². The van der Waals surface area contributed by atoms with Crippen molar-refractivity contribution < 1.29 is 0 Å². The summed E-state index contributed by atoms with van der Waals surface area (Å²) in [5, 5.41) is 4.27. The van der Waals surface area contributed by atoms with Crippen molar-refractivity contribution in [2.75, 3.05) is 0 Å². The van der Waals surface area contributed by atoms with Gasteiger partial charge in [-0.05, 0) is 6.07 Å². The van der Waals surface area contributed by atoms with Gasteiger partial charge in [0.05, 0.1) is 5.69 Å². The van der Waals surface area contributed by atoms with Crippen molar-refractivity contribution in [1.82, 2.24) is 19.7 Å². The predicted molar refractivity (Wildman–Crippen MR) is 55.9 cm³/mol. The molecule has 0 radical (unpaired) electrons. The first-order valence-corrected chi connectivity index (χ1v) is 4.74. The normalized spacial score (nSPS) is 12.7. The van der Waals surface area contributed by atoms with Crippen LogP contribution >= 0.6 is 0 Å². The van der Waals surface area contributed by atoms with Crippen LogP contribution in [0.25, 0.3) is 0 Å². The molecule has 0 aliphatic carbocycles. The molecule has 0 amide bonds. The Labute approximate surface area is 88.0 Å². The summed E-state index contributed by atoms with van der Waals surface area (Å²) in [7, 11) is 1.89. The molecule has 2 aromatic heterocycles. The average Bonchev–Trinajstić information content (AvgIpc) is 2.65. The van der Waals surface area contributed by atoms with E-state index in [1.54, 1.807) is 17.1 Å². The Bertz CT molecular complexity index is 422. The molecule has 5 nitrogen and oxygen atoms in total. The zero-order valence-electron chi connectivity index (χ0n) is 8.54. The van der Waals surface area contributed by atoms with Crippen LogP contribution in [-0.4, -0.2) is 19.7 Å². The summed E-state index contributed by atoms with van der Waals surface area (Å²) in [6.45, 7) is 0. The minimum Gasteiger partial charge on any atom is -0.324 e. The van der Waals surface area contributed by atoms with Crippen LogP contribution in [0.15, 0.2) is 31.0 Å². The maximum Gasteiger partial charge on any atom is 0.115 e. The number of nitrogens with two attached hydrogens (primary N) is 1. The minimum atomic E-state index is -0.0962. The number of aryl methyl sites for hydroxylation is 1. The van der Waals surface area contributed by atoms with Crippen molar-refractivity contribution in [2.24, 2.45) is 12.8 Å². The van der Waals surface area contributed by atoms with E-state index in [1.165, 1.54) is 6.33 Å². The second kappa shape index (κ2) is 4.18. The molecule has 0 saturated carbocycles. The largest absolute Gasteiger partial charge is 0.324 e. The third-order valence-corrected chi connectivity index (χ3v) is 2.21. The Kier molecular flexibility index (Phi) is 2.73. The second-order valence-corrected chi connectivity index (χ2v) is 3.46. The van der Waals surface area contributed by atoms with Gasteiger partial charge in [-0.25, -0.2) is 9.97 Å². The maximum atomic E-state index is 6.01. The van der Waals surface area contributed by atoms with Crippen molar-refractivity contribution in [3.8, 4) is 0 Å². The first kappa shape index (κ1) is 9.79. The molecule has 78 valence electrons. The van der Waals surface area contributed by atoms with E-state index >= 15 is 0 Å². The van der Waals surface area contributed by atoms with Gasteiger partial charge in [0, 0.05) is 43.7 Å². The molecule has 15 heavy (non-hydrogen) atoms. The molecule has 0 saturated heterocycles. The summed E-state index contributed by atoms with van der Waals surface area (Å²) in [6, 6.07) is 1.87. The number of hydrogen-bond acceptors (Lipinski definition) is 4. The Hall–Kier alpha value is -1.75. The fourth-order valence-corrected chi connectivity index (χ4v) is 1.42. The lowest BCUT2D eigenvalue weighted by Crippen LogP contribution is -2.14. The van der Waals surface area contributed by atoms with E-state index < -0.39 is 0 Å². The summed E-state index contributed by atoms with van der Waals surface area (Å²) in [6.07, 6.45) is 7.58. The van der Waals surface area contributed by atoms with Gasteiger partial charge in [-0.1, -0.05) is 0 Å². The topological polar surface area (TPSA) is 69.6 Å². The molecule has 0 aromatic carbocycles. The van der Waals surface area contributed by atoms with Crippen molar-refractivity contribution in [3.05, 3.63) is 42.2 Å². The second-order valence-electron chi connectivity index (χ2n) is 3.46. The van der Waals surface area contributed by atoms with Crippen LogP contribution < -0.4 is 5.73 Å². The average molecular weight is 203 g/mol. The van der Waals surface area contributed by atoms with E-state index in [4.69, 9.17) is 5.73 Å². The van der Waals surface area contributed by atoms with Crippen LogP contribution in [0.5, 0.6) is 0 Å². The Balaban J connectivity index is 2.07. The SMILES string of the molecule is Cn1ccc(CC(N)c2cncnc2)n1. The standard InChI is InChI=1S/C10H13N5/c1-15-3-2-9(14-15)4-10(11)8-5-12-7-13-6-8/h2-3,5-7,10H,4,11H2,1H3. The first-order valence-electron chi connectivity index (χ1n) is 4.74. The molecule has 2 aromatic rings. The number of rotatable bonds is 3. The summed E-state index contributed by atoms with van der Waals surface area (Å²) >= 11 is 0. The van der Waals surface area contributed by atoms with E-state index in [0.29, 0.717) is 6.42 Å². The smallest absolute Gasteiger partial charge is 0.115 e. The van der Waals surface area contributed by atoms with E-state index in [-0.39, 0.29) is 6.04 Å². The van der Waals surface area contributed by atoms with Gasteiger partial charge in [0.25, 0.3) is 0 Å². The third kappa shape index (κ3) is 2.38. The quantitative estimate of drug-likeness (QED) is 0.786. The van der Waals surface area contributed by atoms with Crippen molar-refractivity contribution in [3.63, 3.8) is 0 Å². The molecule has 1 atom stereocenters. The minimum absolute atomic E-state index is 0.0962. The summed E-state index contributed by atoms with van der Waals surface area (Å²) in [5.74, 6) is 0. The lowest BCUT2D eigenvalue weighted by atomic mass is 10.1. The van der Waals surface area contributed by atoms with E-state index in [1.807, 2.05) is 19.3 Å². The fourth-order valence-electron chi connectivity index (χ4n) is 1.42. The van der Waals surface area contributed by atoms with Gasteiger partial charge in [-0.15, -0.1) is 0 Å². The molecule has 0 fully saturated rings. The molecular weight excluding hydrogens is 190 g/mol. The zero-order chi connectivity index (χ0) is 10.7. The van der Waals surface area contributed by atoms with Crippen molar-refractivity contribution in [2.45, 2.75) is 12.5 Å². The molecule has 0 spiro atoms. The fraction of sp³-hybridized carbons (Fsp3) is 0.300. The van der Waals surface area contributed by atoms with Gasteiger partial charge in [0.1, 0.15) is 6.33 Å². The van der Waals surface area contributed by atoms with Crippen LogP contribution in [0.3, 0.4) is 0 Å². The summed E-state index contributed by atoms with van der Waals surface area (Å²) in [4.78, 5) is 7.87. The molecule has 5 heteroatoms. The summed E-state index contributed by atoms with van der Waals surface area (Å²) < 4.78 is 1.77. The molecule has 1 unspecified atom stereocenters. The van der Waals surface area contributed by atoms with Crippen molar-refractivity contribution >= 4 is 0 Å². The Morgan fingerprint density at radius 2 is 2.13 bits per heavy atom. The van der Waals surface area contributed by atoms with E-state index in [9.17, 15) is 0 Å². The molecule has 2 rings (SSSR count). The highest BCUT2D eigenvalue weighted by molar-refractivity contribution is 5.12. The zero-order valence-corrected chi connectivity index (χ0v) is 8.54. The molecular formula is C10H13N5. The van der Waals surface area contributed by atoms with Crippen LogP contribution in [0.1, 0.15) is 17.3 Å². The van der Waals surface area contributed by atoms with Gasteiger partial charge in [0.15, 0.2) is 0 Å². The number of hydrogen-bond donors (Lipinski definition) is 1. The van der Waals surface area contributed by atoms with Gasteiger partial charge >= 0.3 is 0 Å². The predicted octanol–water partition coefficient (Wildman–Crippen LogP) is 0.453.